The van der Waals surface area contributed by atoms with Gasteiger partial charge in [0.15, 0.2) is 0 Å². The van der Waals surface area contributed by atoms with Crippen LogP contribution in [0.3, 0.4) is 0 Å². The Hall–Kier alpha value is -3.75. The zero-order chi connectivity index (χ0) is 29.4. The number of hydrogen-bond donors (Lipinski definition) is 0. The van der Waals surface area contributed by atoms with E-state index in [0.717, 1.165) is 31.4 Å². The molecule has 5 nitrogen and oxygen atoms in total. The molecule has 1 heterocycles. The molecule has 42 heavy (non-hydrogen) atoms. The Morgan fingerprint density at radius 1 is 0.833 bits per heavy atom. The van der Waals surface area contributed by atoms with Crippen LogP contribution in [0.25, 0.3) is 11.1 Å². The number of nitrogens with zero attached hydrogens (tertiary/aromatic N) is 2. The molecule has 0 saturated heterocycles. The lowest BCUT2D eigenvalue weighted by Crippen LogP contribution is -2.46. The maximum atomic E-state index is 14.5. The number of fused-ring (bicyclic) bond motifs is 1. The fourth-order valence-electron chi connectivity index (χ4n) is 6.27. The lowest BCUT2D eigenvalue weighted by molar-refractivity contribution is 0.218. The van der Waals surface area contributed by atoms with Crippen molar-refractivity contribution in [2.75, 3.05) is 18.5 Å². The molecule has 0 amide bonds. The van der Waals surface area contributed by atoms with Gasteiger partial charge in [0.2, 0.25) is 10.0 Å². The number of benzene rings is 4. The lowest BCUT2D eigenvalue weighted by Gasteiger charge is -2.36. The molecule has 0 spiro atoms. The molecule has 6 rings (SSSR count). The molecule has 1 saturated carbocycles. The van der Waals surface area contributed by atoms with Crippen LogP contribution in [-0.2, 0) is 10.0 Å². The molecule has 1 atom stereocenters. The van der Waals surface area contributed by atoms with Crippen molar-refractivity contribution in [3.63, 3.8) is 0 Å². The Kier molecular flexibility index (Phi) is 7.77. The van der Waals surface area contributed by atoms with E-state index in [1.807, 2.05) is 30.3 Å². The van der Waals surface area contributed by atoms with Crippen molar-refractivity contribution >= 4 is 21.4 Å². The highest BCUT2D eigenvalue weighted by Gasteiger charge is 2.41. The standard InChI is InChI=1S/C34H34F2N2O3S/c1-23-29(36)14-9-15-32(23)41-33-21-30-34(20-28(33)24-16-18-26(35)19-17-24)42(39,40)37(2)31(25-10-5-3-6-11-25)22-38(30)27-12-7-4-8-13-27/h4,7-9,12-21,25,31H,3,5-6,10-11,22H2,1-2H3/t31-/m0/s1. The second-order valence-corrected chi connectivity index (χ2v) is 13.2. The maximum absolute atomic E-state index is 14.5. The molecule has 4 aromatic rings. The number of sulfonamides is 1. The first-order valence-electron chi connectivity index (χ1n) is 14.4. The predicted octanol–water partition coefficient (Wildman–Crippen LogP) is 8.45. The molecular weight excluding hydrogens is 554 g/mol. The van der Waals surface area contributed by atoms with Crippen LogP contribution in [0.5, 0.6) is 11.5 Å². The van der Waals surface area contributed by atoms with E-state index < -0.39 is 21.7 Å². The molecule has 218 valence electrons. The summed E-state index contributed by atoms with van der Waals surface area (Å²) >= 11 is 0. The van der Waals surface area contributed by atoms with Crippen LogP contribution < -0.4 is 9.64 Å². The summed E-state index contributed by atoms with van der Waals surface area (Å²) < 4.78 is 65.2. The normalized spacial score (nSPS) is 19.2. The third kappa shape index (κ3) is 5.29. The van der Waals surface area contributed by atoms with Gasteiger partial charge in [-0.25, -0.2) is 17.2 Å². The van der Waals surface area contributed by atoms with Gasteiger partial charge in [0.25, 0.3) is 0 Å². The largest absolute Gasteiger partial charge is 0.456 e. The van der Waals surface area contributed by atoms with Gasteiger partial charge in [-0.05, 0) is 73.7 Å². The molecule has 1 fully saturated rings. The monoisotopic (exact) mass is 588 g/mol. The van der Waals surface area contributed by atoms with Crippen LogP contribution in [0.1, 0.15) is 37.7 Å². The zero-order valence-electron chi connectivity index (χ0n) is 23.8. The molecule has 0 N–H and O–H groups in total. The molecular formula is C34H34F2N2O3S. The Labute approximate surface area is 246 Å². The summed E-state index contributed by atoms with van der Waals surface area (Å²) in [4.78, 5) is 2.21. The minimum Gasteiger partial charge on any atom is -0.456 e. The number of rotatable bonds is 5. The minimum atomic E-state index is -3.94. The highest BCUT2D eigenvalue weighted by molar-refractivity contribution is 7.89. The highest BCUT2D eigenvalue weighted by atomic mass is 32.2. The summed E-state index contributed by atoms with van der Waals surface area (Å²) in [6, 6.07) is 23.3. The van der Waals surface area contributed by atoms with Gasteiger partial charge < -0.3 is 9.64 Å². The summed E-state index contributed by atoms with van der Waals surface area (Å²) in [5.74, 6) is 0.0920. The number of halogens is 2. The summed E-state index contributed by atoms with van der Waals surface area (Å²) in [6.07, 6.45) is 5.32. The van der Waals surface area contributed by atoms with Gasteiger partial charge in [0, 0.05) is 42.5 Å². The average molecular weight is 589 g/mol. The quantitative estimate of drug-likeness (QED) is 0.235. The van der Waals surface area contributed by atoms with Crippen LogP contribution in [0.4, 0.5) is 20.2 Å². The molecule has 4 aromatic carbocycles. The summed E-state index contributed by atoms with van der Waals surface area (Å²) in [6.45, 7) is 2.11. The Bertz CT molecular complexity index is 1690. The third-order valence-corrected chi connectivity index (χ3v) is 10.6. The molecule has 1 aliphatic carbocycles. The maximum Gasteiger partial charge on any atom is 0.245 e. The van der Waals surface area contributed by atoms with Gasteiger partial charge in [-0.2, -0.15) is 4.31 Å². The van der Waals surface area contributed by atoms with Crippen LogP contribution in [0.15, 0.2) is 89.8 Å². The summed E-state index contributed by atoms with van der Waals surface area (Å²) in [5.41, 5.74) is 2.75. The van der Waals surface area contributed by atoms with Crippen LogP contribution in [0, 0.1) is 24.5 Å². The average Bonchev–Trinajstić information content (AvgIpc) is 3.08. The molecule has 0 bridgehead atoms. The summed E-state index contributed by atoms with van der Waals surface area (Å²) in [7, 11) is -2.25. The number of likely N-dealkylation sites (N-methyl/N-ethyl adjacent to an activating group) is 1. The smallest absolute Gasteiger partial charge is 0.245 e. The minimum absolute atomic E-state index is 0.148. The Morgan fingerprint density at radius 3 is 2.26 bits per heavy atom. The van der Waals surface area contributed by atoms with Gasteiger partial charge in [-0.3, -0.25) is 0 Å². The second kappa shape index (κ2) is 11.5. The van der Waals surface area contributed by atoms with E-state index in [1.54, 1.807) is 54.7 Å². The molecule has 2 aliphatic rings. The first kappa shape index (κ1) is 28.4. The fourth-order valence-corrected chi connectivity index (χ4v) is 7.88. The van der Waals surface area contributed by atoms with Crippen LogP contribution in [-0.4, -0.2) is 32.4 Å². The van der Waals surface area contributed by atoms with E-state index in [-0.39, 0.29) is 16.9 Å². The lowest BCUT2D eigenvalue weighted by atomic mass is 9.83. The van der Waals surface area contributed by atoms with E-state index in [4.69, 9.17) is 4.74 Å². The van der Waals surface area contributed by atoms with E-state index >= 15 is 0 Å². The van der Waals surface area contributed by atoms with Crippen LogP contribution in [0.2, 0.25) is 0 Å². The van der Waals surface area contributed by atoms with Crippen molar-refractivity contribution in [3.05, 3.63) is 102 Å². The topological polar surface area (TPSA) is 49.9 Å². The fraction of sp³-hybridized carbons (Fsp3) is 0.294. The number of hydrogen-bond acceptors (Lipinski definition) is 4. The number of para-hydroxylation sites is 1. The van der Waals surface area contributed by atoms with Crippen molar-refractivity contribution in [2.24, 2.45) is 5.92 Å². The van der Waals surface area contributed by atoms with Crippen molar-refractivity contribution in [3.8, 4) is 22.6 Å². The van der Waals surface area contributed by atoms with Crippen molar-refractivity contribution in [1.82, 2.24) is 4.31 Å². The highest BCUT2D eigenvalue weighted by Crippen LogP contribution is 2.46. The molecule has 0 radical (unpaired) electrons. The molecule has 0 aromatic heterocycles. The van der Waals surface area contributed by atoms with Crippen molar-refractivity contribution < 1.29 is 21.9 Å². The number of ether oxygens (including phenoxy) is 1. The van der Waals surface area contributed by atoms with Gasteiger partial charge in [-0.1, -0.05) is 55.7 Å². The van der Waals surface area contributed by atoms with Crippen LogP contribution >= 0.6 is 0 Å². The first-order valence-corrected chi connectivity index (χ1v) is 15.9. The Balaban J connectivity index is 1.59. The predicted molar refractivity (Wildman–Crippen MR) is 162 cm³/mol. The first-order chi connectivity index (χ1) is 20.2. The van der Waals surface area contributed by atoms with Gasteiger partial charge in [-0.15, -0.1) is 0 Å². The Morgan fingerprint density at radius 2 is 1.55 bits per heavy atom. The second-order valence-electron chi connectivity index (χ2n) is 11.2. The van der Waals surface area contributed by atoms with E-state index in [2.05, 4.69) is 4.90 Å². The van der Waals surface area contributed by atoms with E-state index in [1.165, 1.54) is 24.6 Å². The third-order valence-electron chi connectivity index (χ3n) is 8.70. The van der Waals surface area contributed by atoms with Crippen molar-refractivity contribution in [2.45, 2.75) is 50.0 Å². The summed E-state index contributed by atoms with van der Waals surface area (Å²) in [5, 5.41) is 0. The molecule has 8 heteroatoms. The SMILES string of the molecule is Cc1c(F)cccc1Oc1cc2c(cc1-c1ccc(F)cc1)S(=O)(=O)N(C)[C@H](C1CCCCC1)CN2c1ccccc1. The molecule has 1 aliphatic heterocycles. The van der Waals surface area contributed by atoms with Gasteiger partial charge in [0.1, 0.15) is 28.0 Å². The number of anilines is 2. The molecule has 0 unspecified atom stereocenters. The van der Waals surface area contributed by atoms with Gasteiger partial charge >= 0.3 is 0 Å². The van der Waals surface area contributed by atoms with Gasteiger partial charge in [0.05, 0.1) is 5.69 Å². The zero-order valence-corrected chi connectivity index (χ0v) is 24.6. The van der Waals surface area contributed by atoms with E-state index in [0.29, 0.717) is 40.4 Å². The van der Waals surface area contributed by atoms with E-state index in [9.17, 15) is 17.2 Å². The van der Waals surface area contributed by atoms with Crippen molar-refractivity contribution in [1.29, 1.82) is 0 Å².